The summed E-state index contributed by atoms with van der Waals surface area (Å²) in [6.45, 7) is -2.66. The number of carbonyl (C=O) groups excluding carboxylic acids is 1. The molecule has 0 aliphatic rings. The lowest BCUT2D eigenvalue weighted by Gasteiger charge is -2.07. The highest BCUT2D eigenvalue weighted by Gasteiger charge is 2.14. The number of benzene rings is 2. The van der Waals surface area contributed by atoms with E-state index in [2.05, 4.69) is 15.2 Å². The lowest BCUT2D eigenvalue weighted by Crippen LogP contribution is -2.13. The molecule has 0 aliphatic heterocycles. The number of hydrogen-bond donors (Lipinski definition) is 1. The number of nitrogens with one attached hydrogen (secondary N) is 1. The highest BCUT2D eigenvalue weighted by atomic mass is 35.5. The molecule has 1 N–H and O–H groups in total. The van der Waals surface area contributed by atoms with Gasteiger partial charge in [-0.2, -0.15) is 13.9 Å². The van der Waals surface area contributed by atoms with Crippen molar-refractivity contribution < 1.29 is 22.7 Å². The number of rotatable bonds is 6. The van der Waals surface area contributed by atoms with Gasteiger partial charge in [0.25, 0.3) is 5.91 Å². The van der Waals surface area contributed by atoms with Crippen molar-refractivity contribution in [2.75, 3.05) is 5.32 Å². The van der Waals surface area contributed by atoms with Crippen LogP contribution in [-0.2, 0) is 6.54 Å². The zero-order chi connectivity index (χ0) is 19.4. The van der Waals surface area contributed by atoms with Gasteiger partial charge in [-0.25, -0.2) is 4.39 Å². The minimum Gasteiger partial charge on any atom is -0.435 e. The van der Waals surface area contributed by atoms with E-state index in [1.165, 1.54) is 47.3 Å². The van der Waals surface area contributed by atoms with Gasteiger partial charge in [0.15, 0.2) is 5.82 Å². The molecule has 2 aromatic carbocycles. The molecular weight excluding hydrogens is 383 g/mol. The number of anilines is 1. The first kappa shape index (κ1) is 18.8. The van der Waals surface area contributed by atoms with E-state index in [0.29, 0.717) is 6.54 Å². The van der Waals surface area contributed by atoms with Crippen LogP contribution in [0.1, 0.15) is 15.9 Å². The van der Waals surface area contributed by atoms with Gasteiger partial charge in [0.2, 0.25) is 0 Å². The lowest BCUT2D eigenvalue weighted by atomic mass is 10.2. The minimum absolute atomic E-state index is 0.109. The fraction of sp³-hybridized carbons (Fsp3) is 0.111. The molecule has 3 rings (SSSR count). The van der Waals surface area contributed by atoms with Gasteiger partial charge < -0.3 is 10.1 Å². The summed E-state index contributed by atoms with van der Waals surface area (Å²) in [5.41, 5.74) is 0.905. The van der Waals surface area contributed by atoms with E-state index in [0.717, 1.165) is 5.56 Å². The van der Waals surface area contributed by atoms with E-state index in [1.807, 2.05) is 0 Å². The predicted octanol–water partition coefficient (Wildman–Crippen LogP) is 4.58. The summed E-state index contributed by atoms with van der Waals surface area (Å²) in [6, 6.07) is 11.2. The standard InChI is InChI=1S/C18H13ClF3N3O2/c19-15-10-25(9-11-4-6-13(20)7-5-11)24-16(15)23-17(26)12-2-1-3-14(8-12)27-18(21)22/h1-8,10,18H,9H2,(H,23,24,26). The van der Waals surface area contributed by atoms with E-state index >= 15 is 0 Å². The van der Waals surface area contributed by atoms with Crippen LogP contribution in [0.15, 0.2) is 54.7 Å². The summed E-state index contributed by atoms with van der Waals surface area (Å²) >= 11 is 6.09. The molecule has 0 bridgehead atoms. The Kier molecular flexibility index (Phi) is 5.66. The molecule has 1 aromatic heterocycles. The normalized spacial score (nSPS) is 10.9. The number of alkyl halides is 2. The first-order chi connectivity index (χ1) is 12.9. The zero-order valence-electron chi connectivity index (χ0n) is 13.7. The summed E-state index contributed by atoms with van der Waals surface area (Å²) in [4.78, 5) is 12.3. The topological polar surface area (TPSA) is 56.2 Å². The number of nitrogens with zero attached hydrogens (tertiary/aromatic N) is 2. The second kappa shape index (κ2) is 8.13. The summed E-state index contributed by atoms with van der Waals surface area (Å²) in [5, 5.41) is 6.89. The van der Waals surface area contributed by atoms with Crippen molar-refractivity contribution in [3.05, 3.63) is 76.7 Å². The van der Waals surface area contributed by atoms with Crippen LogP contribution in [0.3, 0.4) is 0 Å². The zero-order valence-corrected chi connectivity index (χ0v) is 14.5. The molecular formula is C18H13ClF3N3O2. The Labute approximate surface area is 157 Å². The Morgan fingerprint density at radius 2 is 1.96 bits per heavy atom. The molecule has 1 amide bonds. The smallest absolute Gasteiger partial charge is 0.387 e. The Morgan fingerprint density at radius 3 is 2.67 bits per heavy atom. The van der Waals surface area contributed by atoms with Crippen molar-refractivity contribution in [1.82, 2.24) is 9.78 Å². The van der Waals surface area contributed by atoms with Crippen molar-refractivity contribution >= 4 is 23.3 Å². The second-order valence-corrected chi connectivity index (χ2v) is 5.92. The second-order valence-electron chi connectivity index (χ2n) is 5.51. The summed E-state index contributed by atoms with van der Waals surface area (Å²) in [7, 11) is 0. The number of aromatic nitrogens is 2. The van der Waals surface area contributed by atoms with E-state index in [1.54, 1.807) is 12.1 Å². The van der Waals surface area contributed by atoms with Crippen LogP contribution >= 0.6 is 11.6 Å². The number of ether oxygens (including phenoxy) is 1. The maximum Gasteiger partial charge on any atom is 0.387 e. The molecule has 27 heavy (non-hydrogen) atoms. The van der Waals surface area contributed by atoms with Gasteiger partial charge in [-0.05, 0) is 35.9 Å². The van der Waals surface area contributed by atoms with Crippen LogP contribution in [0.2, 0.25) is 5.02 Å². The molecule has 0 atom stereocenters. The van der Waals surface area contributed by atoms with Crippen LogP contribution in [0, 0.1) is 5.82 Å². The van der Waals surface area contributed by atoms with Gasteiger partial charge in [-0.3, -0.25) is 9.48 Å². The molecule has 0 unspecified atom stereocenters. The molecule has 9 heteroatoms. The minimum atomic E-state index is -2.99. The summed E-state index contributed by atoms with van der Waals surface area (Å²) in [5.74, 6) is -0.943. The third-order valence-electron chi connectivity index (χ3n) is 3.53. The average molecular weight is 396 g/mol. The first-order valence-corrected chi connectivity index (χ1v) is 8.12. The van der Waals surface area contributed by atoms with Gasteiger partial charge in [0, 0.05) is 11.8 Å². The molecule has 0 spiro atoms. The SMILES string of the molecule is O=C(Nc1nn(Cc2ccc(F)cc2)cc1Cl)c1cccc(OC(F)F)c1. The van der Waals surface area contributed by atoms with Gasteiger partial charge in [-0.1, -0.05) is 29.8 Å². The lowest BCUT2D eigenvalue weighted by molar-refractivity contribution is -0.0498. The highest BCUT2D eigenvalue weighted by molar-refractivity contribution is 6.33. The van der Waals surface area contributed by atoms with Crippen LogP contribution in [0.5, 0.6) is 5.75 Å². The van der Waals surface area contributed by atoms with Gasteiger partial charge in [-0.15, -0.1) is 0 Å². The van der Waals surface area contributed by atoms with Crippen molar-refractivity contribution in [2.45, 2.75) is 13.2 Å². The monoisotopic (exact) mass is 395 g/mol. The van der Waals surface area contributed by atoms with E-state index in [-0.39, 0.29) is 28.0 Å². The van der Waals surface area contributed by atoms with E-state index < -0.39 is 12.5 Å². The van der Waals surface area contributed by atoms with Crippen LogP contribution in [0.4, 0.5) is 19.0 Å². The van der Waals surface area contributed by atoms with Crippen molar-refractivity contribution in [1.29, 1.82) is 0 Å². The Balaban J connectivity index is 1.71. The molecule has 1 heterocycles. The van der Waals surface area contributed by atoms with Gasteiger partial charge >= 0.3 is 6.61 Å². The molecule has 5 nitrogen and oxygen atoms in total. The maximum absolute atomic E-state index is 13.0. The highest BCUT2D eigenvalue weighted by Crippen LogP contribution is 2.22. The van der Waals surface area contributed by atoms with Crippen molar-refractivity contribution in [3.8, 4) is 5.75 Å². The van der Waals surface area contributed by atoms with Crippen molar-refractivity contribution in [3.63, 3.8) is 0 Å². The fourth-order valence-electron chi connectivity index (χ4n) is 2.33. The van der Waals surface area contributed by atoms with Gasteiger partial charge in [0.05, 0.1) is 6.54 Å². The van der Waals surface area contributed by atoms with E-state index in [9.17, 15) is 18.0 Å². The average Bonchev–Trinajstić information content (AvgIpc) is 2.95. The molecule has 0 fully saturated rings. The number of amides is 1. The molecule has 0 radical (unpaired) electrons. The molecule has 0 saturated carbocycles. The van der Waals surface area contributed by atoms with E-state index in [4.69, 9.17) is 11.6 Å². The Bertz CT molecular complexity index is 945. The summed E-state index contributed by atoms with van der Waals surface area (Å²) in [6.07, 6.45) is 1.51. The number of hydrogen-bond acceptors (Lipinski definition) is 3. The number of halogens is 4. The summed E-state index contributed by atoms with van der Waals surface area (Å²) < 4.78 is 43.3. The van der Waals surface area contributed by atoms with Crippen molar-refractivity contribution in [2.24, 2.45) is 0 Å². The third-order valence-corrected chi connectivity index (χ3v) is 3.80. The molecule has 140 valence electrons. The van der Waals surface area contributed by atoms with Crippen LogP contribution < -0.4 is 10.1 Å². The molecule has 3 aromatic rings. The molecule has 0 aliphatic carbocycles. The maximum atomic E-state index is 13.0. The third kappa shape index (κ3) is 5.01. The first-order valence-electron chi connectivity index (χ1n) is 7.74. The predicted molar refractivity (Wildman–Crippen MR) is 93.8 cm³/mol. The quantitative estimate of drug-likeness (QED) is 0.664. The largest absolute Gasteiger partial charge is 0.435 e. The Morgan fingerprint density at radius 1 is 1.22 bits per heavy atom. The fourth-order valence-corrected chi connectivity index (χ4v) is 2.53. The Hall–Kier alpha value is -3.00. The number of carbonyl (C=O) groups is 1. The van der Waals surface area contributed by atoms with Crippen LogP contribution in [0.25, 0.3) is 0 Å². The van der Waals surface area contributed by atoms with Gasteiger partial charge in [0.1, 0.15) is 16.6 Å². The molecule has 0 saturated heterocycles. The van der Waals surface area contributed by atoms with Crippen LogP contribution in [-0.4, -0.2) is 22.3 Å².